The van der Waals surface area contributed by atoms with Crippen LogP contribution in [0, 0.1) is 0 Å². The molecule has 1 N–H and O–H groups in total. The quantitative estimate of drug-likeness (QED) is 0.917. The average molecular weight is 272 g/mol. The van der Waals surface area contributed by atoms with E-state index in [1.807, 2.05) is 6.92 Å². The van der Waals surface area contributed by atoms with E-state index in [0.29, 0.717) is 0 Å². The molecule has 1 heterocycles. The number of rotatable bonds is 3. The zero-order valence-corrected chi connectivity index (χ0v) is 10.4. The van der Waals surface area contributed by atoms with E-state index in [9.17, 15) is 5.11 Å². The maximum atomic E-state index is 9.84. The van der Waals surface area contributed by atoms with Gasteiger partial charge >= 0.3 is 0 Å². The molecule has 0 aliphatic heterocycles. The van der Waals surface area contributed by atoms with Crippen LogP contribution in [0.5, 0.6) is 5.75 Å². The highest BCUT2D eigenvalue weighted by Crippen LogP contribution is 2.55. The Balaban J connectivity index is 2.51. The maximum Gasteiger partial charge on any atom is 0.142 e. The topological polar surface area (TPSA) is 42.4 Å². The molecule has 1 aliphatic rings. The highest BCUT2D eigenvalue weighted by atomic mass is 79.9. The van der Waals surface area contributed by atoms with Crippen molar-refractivity contribution in [2.24, 2.45) is 0 Å². The van der Waals surface area contributed by atoms with Gasteiger partial charge in [0.05, 0.1) is 19.4 Å². The smallest absolute Gasteiger partial charge is 0.142 e. The summed E-state index contributed by atoms with van der Waals surface area (Å²) in [5.41, 5.74) is 0.919. The molecule has 1 unspecified atom stereocenters. The number of aliphatic hydroxyl groups excluding tert-OH is 1. The minimum absolute atomic E-state index is 0.132. The lowest BCUT2D eigenvalue weighted by atomic mass is 9.91. The van der Waals surface area contributed by atoms with Gasteiger partial charge in [0.15, 0.2) is 0 Å². The van der Waals surface area contributed by atoms with E-state index < -0.39 is 0 Å². The summed E-state index contributed by atoms with van der Waals surface area (Å²) >= 11 is 3.48. The number of aliphatic hydroxyl groups is 1. The van der Waals surface area contributed by atoms with Gasteiger partial charge in [-0.1, -0.05) is 0 Å². The molecular formula is C11H14BrNO2. The van der Waals surface area contributed by atoms with Crippen molar-refractivity contribution in [1.29, 1.82) is 0 Å². The number of halogens is 1. The standard InChI is InChI=1S/C11H14BrNO2/c1-7(14)11(3-4-11)10-8(12)5-13-6-9(10)15-2/h5-7,14H,3-4H2,1-2H3. The van der Waals surface area contributed by atoms with Gasteiger partial charge in [-0.25, -0.2) is 0 Å². The second-order valence-corrected chi connectivity index (χ2v) is 4.89. The van der Waals surface area contributed by atoms with E-state index in [1.54, 1.807) is 19.5 Å². The summed E-state index contributed by atoms with van der Waals surface area (Å²) in [6, 6.07) is 0. The lowest BCUT2D eigenvalue weighted by Gasteiger charge is -2.22. The second kappa shape index (κ2) is 3.76. The zero-order valence-electron chi connectivity index (χ0n) is 8.83. The van der Waals surface area contributed by atoms with Crippen LogP contribution in [-0.4, -0.2) is 23.3 Å². The Labute approximate surface area is 97.6 Å². The Bertz CT molecular complexity index is 375. The Morgan fingerprint density at radius 3 is 2.67 bits per heavy atom. The highest BCUT2D eigenvalue weighted by molar-refractivity contribution is 9.10. The van der Waals surface area contributed by atoms with Gasteiger partial charge in [0.1, 0.15) is 5.75 Å². The molecule has 15 heavy (non-hydrogen) atoms. The summed E-state index contributed by atoms with van der Waals surface area (Å²) in [4.78, 5) is 4.06. The molecule has 0 spiro atoms. The number of pyridine rings is 1. The molecule has 0 aromatic carbocycles. The fourth-order valence-corrected chi connectivity index (χ4v) is 2.77. The first-order valence-corrected chi connectivity index (χ1v) is 5.77. The van der Waals surface area contributed by atoms with E-state index in [4.69, 9.17) is 4.74 Å². The minimum Gasteiger partial charge on any atom is -0.495 e. The van der Waals surface area contributed by atoms with Crippen LogP contribution >= 0.6 is 15.9 Å². The van der Waals surface area contributed by atoms with Crippen molar-refractivity contribution >= 4 is 15.9 Å². The van der Waals surface area contributed by atoms with Gasteiger partial charge in [-0.15, -0.1) is 0 Å². The average Bonchev–Trinajstić information content (AvgIpc) is 2.98. The van der Waals surface area contributed by atoms with Gasteiger partial charge in [-0.2, -0.15) is 0 Å². The van der Waals surface area contributed by atoms with E-state index >= 15 is 0 Å². The molecule has 0 bridgehead atoms. The fraction of sp³-hybridized carbons (Fsp3) is 0.545. The van der Waals surface area contributed by atoms with E-state index in [2.05, 4.69) is 20.9 Å². The van der Waals surface area contributed by atoms with Crippen LogP contribution in [0.15, 0.2) is 16.9 Å². The third-order valence-corrected chi connectivity index (χ3v) is 3.77. The van der Waals surface area contributed by atoms with E-state index in [0.717, 1.165) is 28.6 Å². The predicted octanol–water partition coefficient (Wildman–Crippen LogP) is 2.27. The third-order valence-electron chi connectivity index (χ3n) is 3.17. The first-order chi connectivity index (χ1) is 7.12. The molecule has 0 radical (unpaired) electrons. The molecule has 0 saturated heterocycles. The third kappa shape index (κ3) is 1.66. The largest absolute Gasteiger partial charge is 0.495 e. The number of methoxy groups -OCH3 is 1. The molecule has 0 amide bonds. The molecule has 1 fully saturated rings. The summed E-state index contributed by atoms with van der Waals surface area (Å²) in [5.74, 6) is 0.753. The first kappa shape index (κ1) is 10.9. The SMILES string of the molecule is COc1cncc(Br)c1C1(C(C)O)CC1. The van der Waals surface area contributed by atoms with Gasteiger partial charge in [-0.05, 0) is 35.7 Å². The molecule has 1 aromatic heterocycles. The molecule has 82 valence electrons. The summed E-state index contributed by atoms with van der Waals surface area (Å²) in [5, 5.41) is 9.84. The van der Waals surface area contributed by atoms with Crippen LogP contribution in [0.3, 0.4) is 0 Å². The number of ether oxygens (including phenoxy) is 1. The van der Waals surface area contributed by atoms with Crippen LogP contribution in [0.25, 0.3) is 0 Å². The van der Waals surface area contributed by atoms with Crippen molar-refractivity contribution in [3.8, 4) is 5.75 Å². The monoisotopic (exact) mass is 271 g/mol. The molecule has 1 aliphatic carbocycles. The summed E-state index contributed by atoms with van der Waals surface area (Å²) in [6.45, 7) is 1.83. The Morgan fingerprint density at radius 2 is 2.20 bits per heavy atom. The zero-order chi connectivity index (χ0) is 11.1. The molecule has 2 rings (SSSR count). The number of hydrogen-bond acceptors (Lipinski definition) is 3. The van der Waals surface area contributed by atoms with Crippen molar-refractivity contribution < 1.29 is 9.84 Å². The number of hydrogen-bond donors (Lipinski definition) is 1. The van der Waals surface area contributed by atoms with Crippen LogP contribution in [0.2, 0.25) is 0 Å². The minimum atomic E-state index is -0.356. The Morgan fingerprint density at radius 1 is 1.53 bits per heavy atom. The van der Waals surface area contributed by atoms with Crippen molar-refractivity contribution in [2.75, 3.05) is 7.11 Å². The lowest BCUT2D eigenvalue weighted by molar-refractivity contribution is 0.148. The van der Waals surface area contributed by atoms with Gasteiger partial charge in [-0.3, -0.25) is 4.98 Å². The molecule has 4 heteroatoms. The molecule has 1 aromatic rings. The van der Waals surface area contributed by atoms with Crippen molar-refractivity contribution in [2.45, 2.75) is 31.3 Å². The van der Waals surface area contributed by atoms with Crippen LogP contribution in [-0.2, 0) is 5.41 Å². The van der Waals surface area contributed by atoms with Crippen molar-refractivity contribution in [3.63, 3.8) is 0 Å². The van der Waals surface area contributed by atoms with Gasteiger partial charge in [0.2, 0.25) is 0 Å². The molecule has 1 atom stereocenters. The fourth-order valence-electron chi connectivity index (χ4n) is 2.07. The van der Waals surface area contributed by atoms with Gasteiger partial charge in [0.25, 0.3) is 0 Å². The number of nitrogens with zero attached hydrogens (tertiary/aromatic N) is 1. The second-order valence-electron chi connectivity index (χ2n) is 4.03. The summed E-state index contributed by atoms with van der Waals surface area (Å²) < 4.78 is 6.22. The molecule has 3 nitrogen and oxygen atoms in total. The van der Waals surface area contributed by atoms with E-state index in [-0.39, 0.29) is 11.5 Å². The van der Waals surface area contributed by atoms with Crippen LogP contribution < -0.4 is 4.74 Å². The van der Waals surface area contributed by atoms with E-state index in [1.165, 1.54) is 0 Å². The van der Waals surface area contributed by atoms with Crippen molar-refractivity contribution in [3.05, 3.63) is 22.4 Å². The van der Waals surface area contributed by atoms with Gasteiger partial charge in [0, 0.05) is 21.6 Å². The van der Waals surface area contributed by atoms with Crippen LogP contribution in [0.1, 0.15) is 25.3 Å². The Hall–Kier alpha value is -0.610. The van der Waals surface area contributed by atoms with Crippen molar-refractivity contribution in [1.82, 2.24) is 4.98 Å². The summed E-state index contributed by atoms with van der Waals surface area (Å²) in [7, 11) is 1.63. The van der Waals surface area contributed by atoms with Crippen LogP contribution in [0.4, 0.5) is 0 Å². The normalized spacial score (nSPS) is 19.7. The Kier molecular flexibility index (Phi) is 2.73. The summed E-state index contributed by atoms with van der Waals surface area (Å²) in [6.07, 6.45) is 5.10. The maximum absolute atomic E-state index is 9.84. The lowest BCUT2D eigenvalue weighted by Crippen LogP contribution is -2.23. The highest BCUT2D eigenvalue weighted by Gasteiger charge is 2.51. The molecular weight excluding hydrogens is 258 g/mol. The number of aromatic nitrogens is 1. The predicted molar refractivity (Wildman–Crippen MR) is 61.1 cm³/mol. The molecule has 1 saturated carbocycles. The first-order valence-electron chi connectivity index (χ1n) is 4.98. The van der Waals surface area contributed by atoms with Gasteiger partial charge < -0.3 is 9.84 Å².